The number of rotatable bonds is 8. The van der Waals surface area contributed by atoms with Gasteiger partial charge in [0.15, 0.2) is 0 Å². The summed E-state index contributed by atoms with van der Waals surface area (Å²) in [5, 5.41) is 10.0. The minimum atomic E-state index is -0.667. The maximum atomic E-state index is 10.0. The Bertz CT molecular complexity index is 625. The highest BCUT2D eigenvalue weighted by molar-refractivity contribution is 5.36. The molecular weight excluding hydrogens is 340 g/mol. The Balaban J connectivity index is 0.000000646. The molecule has 0 unspecified atom stereocenters. The average molecular weight is 375 g/mol. The fourth-order valence-corrected chi connectivity index (χ4v) is 2.35. The fraction of sp³-hybridized carbons (Fsp3) is 0.478. The van der Waals surface area contributed by atoms with E-state index in [1.54, 1.807) is 0 Å². The Kier molecular flexibility index (Phi) is 10.5. The summed E-state index contributed by atoms with van der Waals surface area (Å²) in [5.74, 6) is 1.62. The molecule has 27 heavy (non-hydrogen) atoms. The Morgan fingerprint density at radius 3 is 1.48 bits per heavy atom. The van der Waals surface area contributed by atoms with E-state index in [0.29, 0.717) is 0 Å². The van der Waals surface area contributed by atoms with E-state index in [9.17, 15) is 5.11 Å². The zero-order valence-electron chi connectivity index (χ0n) is 17.5. The van der Waals surface area contributed by atoms with Gasteiger partial charge in [-0.1, -0.05) is 24.3 Å². The van der Waals surface area contributed by atoms with E-state index in [-0.39, 0.29) is 13.2 Å². The molecule has 2 aromatic carbocycles. The number of benzene rings is 2. The maximum absolute atomic E-state index is 10.0. The summed E-state index contributed by atoms with van der Waals surface area (Å²) < 4.78 is 16.2. The molecule has 0 aromatic heterocycles. The van der Waals surface area contributed by atoms with Gasteiger partial charge in [0.1, 0.15) is 30.8 Å². The predicted molar refractivity (Wildman–Crippen MR) is 111 cm³/mol. The summed E-state index contributed by atoms with van der Waals surface area (Å²) in [7, 11) is 0. The van der Waals surface area contributed by atoms with Gasteiger partial charge in [-0.3, -0.25) is 0 Å². The third-order valence-electron chi connectivity index (χ3n) is 3.96. The third kappa shape index (κ3) is 8.94. The predicted octanol–water partition coefficient (Wildman–Crippen LogP) is 4.78. The maximum Gasteiger partial charge on any atom is 0.122 e. The lowest BCUT2D eigenvalue weighted by Gasteiger charge is -2.16. The highest BCUT2D eigenvalue weighted by Gasteiger charge is 2.09. The Labute approximate surface area is 164 Å². The number of aryl methyl sites for hydroxylation is 4. The lowest BCUT2D eigenvalue weighted by molar-refractivity contribution is 0.0621. The Morgan fingerprint density at radius 2 is 1.15 bits per heavy atom. The first-order valence-corrected chi connectivity index (χ1v) is 9.53. The lowest BCUT2D eigenvalue weighted by Crippen LogP contribution is -2.25. The van der Waals surface area contributed by atoms with Gasteiger partial charge >= 0.3 is 0 Å². The van der Waals surface area contributed by atoms with Gasteiger partial charge < -0.3 is 19.3 Å². The number of ether oxygens (including phenoxy) is 3. The van der Waals surface area contributed by atoms with Crippen LogP contribution >= 0.6 is 0 Å². The zero-order valence-corrected chi connectivity index (χ0v) is 17.5. The molecule has 1 N–H and O–H groups in total. The molecule has 0 aliphatic rings. The van der Waals surface area contributed by atoms with Crippen molar-refractivity contribution in [3.8, 4) is 11.5 Å². The van der Waals surface area contributed by atoms with Crippen LogP contribution < -0.4 is 9.47 Å². The van der Waals surface area contributed by atoms with Crippen LogP contribution in [0.5, 0.6) is 11.5 Å². The van der Waals surface area contributed by atoms with Crippen molar-refractivity contribution in [2.45, 2.75) is 47.6 Å². The number of hydrogen-bond donors (Lipinski definition) is 1. The molecule has 2 aromatic rings. The first-order chi connectivity index (χ1) is 12.9. The van der Waals surface area contributed by atoms with Crippen molar-refractivity contribution in [2.24, 2.45) is 0 Å². The van der Waals surface area contributed by atoms with Crippen LogP contribution in [0, 0.1) is 27.7 Å². The molecule has 0 radical (unpaired) electrons. The highest BCUT2D eigenvalue weighted by Crippen LogP contribution is 2.21. The third-order valence-corrected chi connectivity index (χ3v) is 3.96. The first-order valence-electron chi connectivity index (χ1n) is 9.53. The molecule has 4 heteroatoms. The molecule has 0 aliphatic heterocycles. The van der Waals surface area contributed by atoms with Crippen molar-refractivity contribution in [3.05, 3.63) is 58.7 Å². The quantitative estimate of drug-likeness (QED) is 0.722. The normalized spacial score (nSPS) is 10.4. The SMILES string of the molecule is CCOCC.Cc1ccc(C)c(OCC(O)COc2cc(C)ccc2C)c1. The van der Waals surface area contributed by atoms with Crippen LogP contribution in [0.1, 0.15) is 36.1 Å². The van der Waals surface area contributed by atoms with Crippen LogP contribution in [0.4, 0.5) is 0 Å². The van der Waals surface area contributed by atoms with Gasteiger partial charge in [-0.2, -0.15) is 0 Å². The van der Waals surface area contributed by atoms with Crippen molar-refractivity contribution in [2.75, 3.05) is 26.4 Å². The van der Waals surface area contributed by atoms with Crippen molar-refractivity contribution in [3.63, 3.8) is 0 Å². The largest absolute Gasteiger partial charge is 0.490 e. The molecule has 0 atom stereocenters. The second-order valence-corrected chi connectivity index (χ2v) is 6.60. The van der Waals surface area contributed by atoms with Gasteiger partial charge in [-0.15, -0.1) is 0 Å². The van der Waals surface area contributed by atoms with Gasteiger partial charge in [-0.25, -0.2) is 0 Å². The molecule has 0 aliphatic carbocycles. The molecule has 0 saturated carbocycles. The summed E-state index contributed by atoms with van der Waals surface area (Å²) in [4.78, 5) is 0. The van der Waals surface area contributed by atoms with E-state index < -0.39 is 6.10 Å². The molecule has 0 spiro atoms. The second-order valence-electron chi connectivity index (χ2n) is 6.60. The van der Waals surface area contributed by atoms with Gasteiger partial charge in [-0.05, 0) is 75.9 Å². The lowest BCUT2D eigenvalue weighted by atomic mass is 10.1. The minimum absolute atomic E-state index is 0.217. The molecule has 0 saturated heterocycles. The van der Waals surface area contributed by atoms with E-state index in [2.05, 4.69) is 0 Å². The van der Waals surface area contributed by atoms with Gasteiger partial charge in [0, 0.05) is 13.2 Å². The van der Waals surface area contributed by atoms with E-state index in [4.69, 9.17) is 14.2 Å². The average Bonchev–Trinajstić information content (AvgIpc) is 2.64. The molecule has 0 amide bonds. The first kappa shape index (κ1) is 23.0. The summed E-state index contributed by atoms with van der Waals surface area (Å²) in [6.07, 6.45) is -0.667. The highest BCUT2D eigenvalue weighted by atomic mass is 16.5. The minimum Gasteiger partial charge on any atom is -0.490 e. The van der Waals surface area contributed by atoms with Crippen LogP contribution in [0.2, 0.25) is 0 Å². The number of aliphatic hydroxyl groups is 1. The van der Waals surface area contributed by atoms with Gasteiger partial charge in [0.2, 0.25) is 0 Å². The van der Waals surface area contributed by atoms with Crippen LogP contribution in [0.15, 0.2) is 36.4 Å². The van der Waals surface area contributed by atoms with Crippen molar-refractivity contribution < 1.29 is 19.3 Å². The second kappa shape index (κ2) is 12.4. The summed E-state index contributed by atoms with van der Waals surface area (Å²) >= 11 is 0. The summed E-state index contributed by atoms with van der Waals surface area (Å²) in [5.41, 5.74) is 4.41. The van der Waals surface area contributed by atoms with Crippen LogP contribution in [-0.4, -0.2) is 37.6 Å². The summed E-state index contributed by atoms with van der Waals surface area (Å²) in [6.45, 7) is 14.1. The smallest absolute Gasteiger partial charge is 0.122 e. The van der Waals surface area contributed by atoms with E-state index >= 15 is 0 Å². The van der Waals surface area contributed by atoms with Crippen molar-refractivity contribution >= 4 is 0 Å². The van der Waals surface area contributed by atoms with Crippen LogP contribution in [0.25, 0.3) is 0 Å². The summed E-state index contributed by atoms with van der Waals surface area (Å²) in [6, 6.07) is 12.1. The van der Waals surface area contributed by atoms with Crippen LogP contribution in [0.3, 0.4) is 0 Å². The molecule has 0 bridgehead atoms. The van der Waals surface area contributed by atoms with Crippen molar-refractivity contribution in [1.82, 2.24) is 0 Å². The van der Waals surface area contributed by atoms with E-state index in [0.717, 1.165) is 47.0 Å². The topological polar surface area (TPSA) is 47.9 Å². The van der Waals surface area contributed by atoms with Crippen LogP contribution in [-0.2, 0) is 4.74 Å². The standard InChI is InChI=1S/C19H24O3.C4H10O/c1-13-5-7-15(3)18(9-13)21-11-17(20)12-22-19-10-14(2)6-8-16(19)4;1-3-5-4-2/h5-10,17,20H,11-12H2,1-4H3;3-4H2,1-2H3. The zero-order chi connectivity index (χ0) is 20.2. The van der Waals surface area contributed by atoms with Crippen molar-refractivity contribution in [1.29, 1.82) is 0 Å². The Morgan fingerprint density at radius 1 is 0.741 bits per heavy atom. The molecule has 4 nitrogen and oxygen atoms in total. The van der Waals surface area contributed by atoms with Gasteiger partial charge in [0.25, 0.3) is 0 Å². The van der Waals surface area contributed by atoms with Gasteiger partial charge in [0.05, 0.1) is 0 Å². The molecular formula is C23H34O4. The monoisotopic (exact) mass is 374 g/mol. The Hall–Kier alpha value is -2.04. The molecule has 0 heterocycles. The molecule has 2 rings (SSSR count). The van der Waals surface area contributed by atoms with E-state index in [1.807, 2.05) is 77.9 Å². The fourth-order valence-electron chi connectivity index (χ4n) is 2.35. The van der Waals surface area contributed by atoms with E-state index in [1.165, 1.54) is 0 Å². The molecule has 150 valence electrons. The number of hydrogen-bond acceptors (Lipinski definition) is 4. The molecule has 0 fully saturated rings. The number of aliphatic hydroxyl groups excluding tert-OH is 1.